The number of aromatic nitrogens is 3. The molecule has 3 rings (SSSR count). The first-order valence-electron chi connectivity index (χ1n) is 5.83. The lowest BCUT2D eigenvalue weighted by molar-refractivity contribution is 0.804. The zero-order valence-electron chi connectivity index (χ0n) is 10.1. The molecule has 3 aromatic rings. The van der Waals surface area contributed by atoms with Crippen molar-refractivity contribution in [2.45, 2.75) is 13.5 Å². The second kappa shape index (κ2) is 4.38. The lowest BCUT2D eigenvalue weighted by Crippen LogP contribution is -2.00. The van der Waals surface area contributed by atoms with Gasteiger partial charge >= 0.3 is 0 Å². The number of nitrogens with one attached hydrogen (secondary N) is 1. The first kappa shape index (κ1) is 11.2. The molecule has 0 spiro atoms. The Bertz CT molecular complexity index is 741. The molecule has 0 unspecified atom stereocenters. The Labute approximate surface area is 110 Å². The van der Waals surface area contributed by atoms with E-state index in [2.05, 4.69) is 39.7 Å². The third kappa shape index (κ3) is 1.84. The van der Waals surface area contributed by atoms with E-state index in [9.17, 15) is 0 Å². The summed E-state index contributed by atoms with van der Waals surface area (Å²) >= 11 is 5.40. The molecule has 0 aliphatic heterocycles. The van der Waals surface area contributed by atoms with Gasteiger partial charge in [0.25, 0.3) is 0 Å². The molecule has 4 heteroatoms. The average molecular weight is 255 g/mol. The van der Waals surface area contributed by atoms with Gasteiger partial charge in [-0.05, 0) is 42.4 Å². The number of benzene rings is 1. The van der Waals surface area contributed by atoms with Crippen molar-refractivity contribution < 1.29 is 0 Å². The maximum absolute atomic E-state index is 5.40. The van der Waals surface area contributed by atoms with E-state index >= 15 is 0 Å². The van der Waals surface area contributed by atoms with Crippen LogP contribution in [0.25, 0.3) is 11.0 Å². The summed E-state index contributed by atoms with van der Waals surface area (Å²) in [5.41, 5.74) is 4.64. The molecule has 1 N–H and O–H groups in total. The van der Waals surface area contributed by atoms with Crippen molar-refractivity contribution in [3.05, 3.63) is 58.6 Å². The topological polar surface area (TPSA) is 33.6 Å². The van der Waals surface area contributed by atoms with E-state index in [4.69, 9.17) is 12.2 Å². The minimum absolute atomic E-state index is 0.748. The molecular formula is C14H13N3S. The van der Waals surface area contributed by atoms with Gasteiger partial charge in [0.05, 0.1) is 17.6 Å². The molecule has 1 aromatic carbocycles. The summed E-state index contributed by atoms with van der Waals surface area (Å²) in [5, 5.41) is 0. The molecule has 0 saturated carbocycles. The smallest absolute Gasteiger partial charge is 0.178 e. The van der Waals surface area contributed by atoms with Crippen molar-refractivity contribution in [3.8, 4) is 0 Å². The summed E-state index contributed by atoms with van der Waals surface area (Å²) in [6.45, 7) is 2.85. The van der Waals surface area contributed by atoms with Crippen molar-refractivity contribution >= 4 is 23.3 Å². The number of fused-ring (bicyclic) bond motifs is 1. The Morgan fingerprint density at radius 1 is 1.28 bits per heavy atom. The van der Waals surface area contributed by atoms with Gasteiger partial charge in [0, 0.05) is 12.4 Å². The van der Waals surface area contributed by atoms with E-state index in [1.54, 1.807) is 6.20 Å². The molecule has 90 valence electrons. The quantitative estimate of drug-likeness (QED) is 0.712. The molecule has 2 heterocycles. The van der Waals surface area contributed by atoms with E-state index in [-0.39, 0.29) is 0 Å². The van der Waals surface area contributed by atoms with E-state index in [1.807, 2.05) is 18.3 Å². The van der Waals surface area contributed by atoms with Crippen LogP contribution < -0.4 is 0 Å². The normalized spacial score (nSPS) is 10.9. The van der Waals surface area contributed by atoms with Crippen LogP contribution in [-0.2, 0) is 6.54 Å². The number of rotatable bonds is 2. The Morgan fingerprint density at radius 3 is 2.94 bits per heavy atom. The average Bonchev–Trinajstić information content (AvgIpc) is 2.69. The molecule has 0 aliphatic carbocycles. The highest BCUT2D eigenvalue weighted by molar-refractivity contribution is 7.71. The maximum Gasteiger partial charge on any atom is 0.178 e. The first-order valence-corrected chi connectivity index (χ1v) is 6.23. The summed E-state index contributed by atoms with van der Waals surface area (Å²) in [5.74, 6) is 0. The standard InChI is InChI=1S/C14H13N3S/c1-10-4-2-6-12-13(10)17(14(18)16-12)9-11-5-3-7-15-8-11/h2-8H,9H2,1H3,(H,16,18). The van der Waals surface area contributed by atoms with Crippen LogP contribution in [0.4, 0.5) is 0 Å². The number of imidazole rings is 1. The van der Waals surface area contributed by atoms with Crippen LogP contribution in [-0.4, -0.2) is 14.5 Å². The van der Waals surface area contributed by atoms with Gasteiger partial charge in [0.2, 0.25) is 0 Å². The predicted octanol–water partition coefficient (Wildman–Crippen LogP) is 3.45. The van der Waals surface area contributed by atoms with E-state index in [1.165, 1.54) is 11.1 Å². The molecule has 0 atom stereocenters. The molecular weight excluding hydrogens is 242 g/mol. The van der Waals surface area contributed by atoms with Crippen molar-refractivity contribution in [2.24, 2.45) is 0 Å². The fourth-order valence-electron chi connectivity index (χ4n) is 2.23. The van der Waals surface area contributed by atoms with E-state index in [0.29, 0.717) is 0 Å². The molecule has 0 aliphatic rings. The van der Waals surface area contributed by atoms with Gasteiger partial charge in [-0.15, -0.1) is 0 Å². The van der Waals surface area contributed by atoms with Crippen LogP contribution in [0.3, 0.4) is 0 Å². The number of hydrogen-bond donors (Lipinski definition) is 1. The number of para-hydroxylation sites is 1. The van der Waals surface area contributed by atoms with Crippen LogP contribution in [0, 0.1) is 11.7 Å². The van der Waals surface area contributed by atoms with Crippen LogP contribution in [0.15, 0.2) is 42.7 Å². The highest BCUT2D eigenvalue weighted by atomic mass is 32.1. The highest BCUT2D eigenvalue weighted by Crippen LogP contribution is 2.19. The van der Waals surface area contributed by atoms with Gasteiger partial charge in [-0.1, -0.05) is 18.2 Å². The largest absolute Gasteiger partial charge is 0.331 e. The Balaban J connectivity index is 2.17. The second-order valence-corrected chi connectivity index (χ2v) is 4.74. The SMILES string of the molecule is Cc1cccc2[nH]c(=S)n(Cc3cccnc3)c12. The lowest BCUT2D eigenvalue weighted by Gasteiger charge is -2.06. The van der Waals surface area contributed by atoms with Crippen LogP contribution in [0.5, 0.6) is 0 Å². The molecule has 3 nitrogen and oxygen atoms in total. The molecule has 18 heavy (non-hydrogen) atoms. The molecule has 0 radical (unpaired) electrons. The predicted molar refractivity (Wildman–Crippen MR) is 75.2 cm³/mol. The molecule has 0 saturated heterocycles. The van der Waals surface area contributed by atoms with Gasteiger partial charge in [-0.2, -0.15) is 0 Å². The van der Waals surface area contributed by atoms with Gasteiger partial charge < -0.3 is 9.55 Å². The van der Waals surface area contributed by atoms with E-state index in [0.717, 1.165) is 22.4 Å². The van der Waals surface area contributed by atoms with Gasteiger partial charge in [0.1, 0.15) is 0 Å². The number of nitrogens with zero attached hydrogens (tertiary/aromatic N) is 2. The summed E-state index contributed by atoms with van der Waals surface area (Å²) < 4.78 is 2.87. The van der Waals surface area contributed by atoms with Crippen molar-refractivity contribution in [3.63, 3.8) is 0 Å². The number of hydrogen-bond acceptors (Lipinski definition) is 2. The molecule has 0 amide bonds. The van der Waals surface area contributed by atoms with Gasteiger partial charge in [0.15, 0.2) is 4.77 Å². The Morgan fingerprint density at radius 2 is 2.17 bits per heavy atom. The highest BCUT2D eigenvalue weighted by Gasteiger charge is 2.07. The third-order valence-corrected chi connectivity index (χ3v) is 3.38. The summed E-state index contributed by atoms with van der Waals surface area (Å²) in [4.78, 5) is 7.39. The van der Waals surface area contributed by atoms with Crippen LogP contribution in [0.2, 0.25) is 0 Å². The molecule has 0 bridgehead atoms. The number of H-pyrrole nitrogens is 1. The minimum Gasteiger partial charge on any atom is -0.331 e. The number of aromatic amines is 1. The Kier molecular flexibility index (Phi) is 2.72. The monoisotopic (exact) mass is 255 g/mol. The fourth-order valence-corrected chi connectivity index (χ4v) is 2.49. The molecule has 0 fully saturated rings. The van der Waals surface area contributed by atoms with Crippen LogP contribution >= 0.6 is 12.2 Å². The zero-order chi connectivity index (χ0) is 12.5. The van der Waals surface area contributed by atoms with Gasteiger partial charge in [-0.3, -0.25) is 4.98 Å². The summed E-state index contributed by atoms with van der Waals surface area (Å²) in [7, 11) is 0. The fraction of sp³-hybridized carbons (Fsp3) is 0.143. The third-order valence-electron chi connectivity index (χ3n) is 3.06. The van der Waals surface area contributed by atoms with Crippen molar-refractivity contribution in [2.75, 3.05) is 0 Å². The zero-order valence-corrected chi connectivity index (χ0v) is 10.9. The Hall–Kier alpha value is -1.94. The first-order chi connectivity index (χ1) is 8.75. The van der Waals surface area contributed by atoms with Crippen molar-refractivity contribution in [1.82, 2.24) is 14.5 Å². The maximum atomic E-state index is 5.40. The minimum atomic E-state index is 0.748. The number of aryl methyl sites for hydroxylation is 1. The van der Waals surface area contributed by atoms with E-state index < -0.39 is 0 Å². The van der Waals surface area contributed by atoms with Crippen LogP contribution in [0.1, 0.15) is 11.1 Å². The second-order valence-electron chi connectivity index (χ2n) is 4.35. The molecule has 2 aromatic heterocycles. The summed E-state index contributed by atoms with van der Waals surface area (Å²) in [6, 6.07) is 10.2. The van der Waals surface area contributed by atoms with Crippen molar-refractivity contribution in [1.29, 1.82) is 0 Å². The lowest BCUT2D eigenvalue weighted by atomic mass is 10.2. The number of pyridine rings is 1. The summed E-state index contributed by atoms with van der Waals surface area (Å²) in [6.07, 6.45) is 3.65. The van der Waals surface area contributed by atoms with Gasteiger partial charge in [-0.25, -0.2) is 0 Å².